The zero-order valence-corrected chi connectivity index (χ0v) is 20.1. The van der Waals surface area contributed by atoms with Crippen LogP contribution in [0.15, 0.2) is 30.5 Å². The summed E-state index contributed by atoms with van der Waals surface area (Å²) in [5.74, 6) is 1.14. The first kappa shape index (κ1) is 24.8. The summed E-state index contributed by atoms with van der Waals surface area (Å²) < 4.78 is 5.32. The number of unbranched alkanes of at least 4 members (excludes halogenated alkanes) is 1. The van der Waals surface area contributed by atoms with Gasteiger partial charge >= 0.3 is 6.09 Å². The average molecular weight is 474 g/mol. The molecule has 1 fully saturated rings. The highest BCUT2D eigenvalue weighted by molar-refractivity contribution is 7.99. The second kappa shape index (κ2) is 11.3. The lowest BCUT2D eigenvalue weighted by molar-refractivity contribution is -0.132. The third kappa shape index (κ3) is 7.59. The number of thioether (sulfide) groups is 1. The second-order valence-electron chi connectivity index (χ2n) is 8.83. The highest BCUT2D eigenvalue weighted by atomic mass is 32.2. The van der Waals surface area contributed by atoms with E-state index in [1.165, 1.54) is 6.20 Å². The summed E-state index contributed by atoms with van der Waals surface area (Å²) in [5, 5.41) is 5.57. The van der Waals surface area contributed by atoms with E-state index in [-0.39, 0.29) is 17.5 Å². The molecule has 1 aliphatic rings. The minimum absolute atomic E-state index is 0.0960. The molecule has 0 bridgehead atoms. The lowest BCUT2D eigenvalue weighted by atomic mass is 10.1. The first-order valence-corrected chi connectivity index (χ1v) is 12.2. The summed E-state index contributed by atoms with van der Waals surface area (Å²) in [7, 11) is 0. The van der Waals surface area contributed by atoms with Gasteiger partial charge in [0.15, 0.2) is 0 Å². The average Bonchev–Trinajstić information content (AvgIpc) is 3.31. The first-order valence-electron chi connectivity index (χ1n) is 11.1. The number of aromatic nitrogens is 2. The Morgan fingerprint density at radius 2 is 1.94 bits per heavy atom. The van der Waals surface area contributed by atoms with Gasteiger partial charge < -0.3 is 20.3 Å². The SMILES string of the molecule is CC(C)(C)OC(=O)N[C@@H](CCCCNC(=O)c1cnc2ccccc2n1)C(=O)N1CCSC1. The zero-order valence-electron chi connectivity index (χ0n) is 19.3. The Balaban J connectivity index is 1.48. The monoisotopic (exact) mass is 473 g/mol. The van der Waals surface area contributed by atoms with Crippen LogP contribution < -0.4 is 10.6 Å². The molecule has 10 heteroatoms. The summed E-state index contributed by atoms with van der Waals surface area (Å²) in [6.45, 7) is 6.45. The van der Waals surface area contributed by atoms with Crippen molar-refractivity contribution in [2.24, 2.45) is 0 Å². The topological polar surface area (TPSA) is 114 Å². The van der Waals surface area contributed by atoms with E-state index >= 15 is 0 Å². The first-order chi connectivity index (χ1) is 15.7. The van der Waals surface area contributed by atoms with E-state index in [0.29, 0.717) is 43.7 Å². The van der Waals surface area contributed by atoms with Crippen LogP contribution in [0.25, 0.3) is 11.0 Å². The molecule has 0 radical (unpaired) electrons. The minimum Gasteiger partial charge on any atom is -0.444 e. The lowest BCUT2D eigenvalue weighted by Gasteiger charge is -2.26. The largest absolute Gasteiger partial charge is 0.444 e. The number of fused-ring (bicyclic) bond motifs is 1. The van der Waals surface area contributed by atoms with E-state index in [0.717, 1.165) is 11.3 Å². The van der Waals surface area contributed by atoms with Crippen molar-refractivity contribution in [1.29, 1.82) is 0 Å². The number of nitrogens with zero attached hydrogens (tertiary/aromatic N) is 3. The van der Waals surface area contributed by atoms with Gasteiger partial charge in [-0.2, -0.15) is 0 Å². The third-order valence-corrected chi connectivity index (χ3v) is 5.91. The van der Waals surface area contributed by atoms with Crippen molar-refractivity contribution in [3.63, 3.8) is 0 Å². The highest BCUT2D eigenvalue weighted by Gasteiger charge is 2.29. The molecular formula is C23H31N5O4S. The van der Waals surface area contributed by atoms with Crippen molar-refractivity contribution in [2.75, 3.05) is 24.7 Å². The summed E-state index contributed by atoms with van der Waals surface area (Å²) >= 11 is 1.69. The summed E-state index contributed by atoms with van der Waals surface area (Å²) in [6.07, 6.45) is 2.63. The zero-order chi connectivity index (χ0) is 23.8. The van der Waals surface area contributed by atoms with Gasteiger partial charge in [-0.05, 0) is 52.2 Å². The predicted molar refractivity (Wildman–Crippen MR) is 128 cm³/mol. The highest BCUT2D eigenvalue weighted by Crippen LogP contribution is 2.17. The molecule has 1 aromatic heterocycles. The lowest BCUT2D eigenvalue weighted by Crippen LogP contribution is -2.49. The van der Waals surface area contributed by atoms with Crippen molar-refractivity contribution in [2.45, 2.75) is 51.7 Å². The van der Waals surface area contributed by atoms with E-state index in [1.54, 1.807) is 37.4 Å². The molecule has 1 saturated heterocycles. The molecule has 1 aliphatic heterocycles. The number of alkyl carbamates (subject to hydrolysis) is 1. The van der Waals surface area contributed by atoms with Crippen molar-refractivity contribution in [3.8, 4) is 0 Å². The molecule has 2 heterocycles. The van der Waals surface area contributed by atoms with E-state index in [9.17, 15) is 14.4 Å². The molecule has 33 heavy (non-hydrogen) atoms. The maximum absolute atomic E-state index is 12.9. The van der Waals surface area contributed by atoms with E-state index < -0.39 is 17.7 Å². The van der Waals surface area contributed by atoms with Crippen molar-refractivity contribution in [3.05, 3.63) is 36.2 Å². The molecular weight excluding hydrogens is 442 g/mol. The smallest absolute Gasteiger partial charge is 0.408 e. The van der Waals surface area contributed by atoms with Crippen LogP contribution >= 0.6 is 11.8 Å². The fraction of sp³-hybridized carbons (Fsp3) is 0.522. The third-order valence-electron chi connectivity index (χ3n) is 4.94. The standard InChI is InChI=1S/C23H31N5O4S/c1-23(2,3)32-22(31)27-18(21(30)28-12-13-33-15-28)10-6-7-11-24-20(29)19-14-25-16-8-4-5-9-17(16)26-19/h4-5,8-9,14,18H,6-7,10-13,15H2,1-3H3,(H,24,29)(H,27,31)/t18-/m0/s1. The number of nitrogens with one attached hydrogen (secondary N) is 2. The van der Waals surface area contributed by atoms with E-state index in [4.69, 9.17) is 4.74 Å². The van der Waals surface area contributed by atoms with E-state index in [1.807, 2.05) is 24.3 Å². The van der Waals surface area contributed by atoms with Crippen LogP contribution in [0.3, 0.4) is 0 Å². The molecule has 178 valence electrons. The Morgan fingerprint density at radius 3 is 2.64 bits per heavy atom. The second-order valence-corrected chi connectivity index (χ2v) is 9.91. The molecule has 3 rings (SSSR count). The van der Waals surface area contributed by atoms with Gasteiger partial charge in [-0.1, -0.05) is 12.1 Å². The Morgan fingerprint density at radius 1 is 1.18 bits per heavy atom. The molecule has 0 unspecified atom stereocenters. The Labute approximate surface area is 198 Å². The fourth-order valence-corrected chi connectivity index (χ4v) is 4.30. The summed E-state index contributed by atoms with van der Waals surface area (Å²) in [6, 6.07) is 6.72. The van der Waals surface area contributed by atoms with Crippen LogP contribution in [0.1, 0.15) is 50.5 Å². The van der Waals surface area contributed by atoms with Gasteiger partial charge in [0, 0.05) is 18.8 Å². The van der Waals surface area contributed by atoms with Crippen molar-refractivity contribution in [1.82, 2.24) is 25.5 Å². The van der Waals surface area contributed by atoms with Crippen LogP contribution in [0.5, 0.6) is 0 Å². The molecule has 3 amide bonds. The molecule has 2 aromatic rings. The fourth-order valence-electron chi connectivity index (χ4n) is 3.35. The van der Waals surface area contributed by atoms with Crippen molar-refractivity contribution >= 4 is 40.7 Å². The predicted octanol–water partition coefficient (Wildman–Crippen LogP) is 2.96. The molecule has 1 atom stereocenters. The van der Waals surface area contributed by atoms with Gasteiger partial charge in [-0.15, -0.1) is 11.8 Å². The quantitative estimate of drug-likeness (QED) is 0.567. The van der Waals surface area contributed by atoms with Gasteiger partial charge in [-0.3, -0.25) is 14.6 Å². The van der Waals surface area contributed by atoms with Crippen LogP contribution in [-0.4, -0.2) is 69.1 Å². The molecule has 1 aromatic carbocycles. The minimum atomic E-state index is -0.652. The van der Waals surface area contributed by atoms with Gasteiger partial charge in [0.1, 0.15) is 17.3 Å². The van der Waals surface area contributed by atoms with Gasteiger partial charge in [0.05, 0.1) is 23.1 Å². The summed E-state index contributed by atoms with van der Waals surface area (Å²) in [5.41, 5.74) is 1.02. The van der Waals surface area contributed by atoms with Crippen LogP contribution in [-0.2, 0) is 9.53 Å². The number of hydrogen-bond donors (Lipinski definition) is 2. The molecule has 0 aliphatic carbocycles. The van der Waals surface area contributed by atoms with Crippen LogP contribution in [0.2, 0.25) is 0 Å². The number of para-hydroxylation sites is 2. The molecule has 0 saturated carbocycles. The number of benzene rings is 1. The number of carbonyl (C=O) groups is 3. The van der Waals surface area contributed by atoms with Crippen molar-refractivity contribution < 1.29 is 19.1 Å². The number of ether oxygens (including phenoxy) is 1. The van der Waals surface area contributed by atoms with Crippen LogP contribution in [0, 0.1) is 0 Å². The Kier molecular flexibility index (Phi) is 8.49. The molecule has 2 N–H and O–H groups in total. The van der Waals surface area contributed by atoms with Gasteiger partial charge in [-0.25, -0.2) is 9.78 Å². The Hall–Kier alpha value is -2.88. The van der Waals surface area contributed by atoms with E-state index in [2.05, 4.69) is 20.6 Å². The number of hydrogen-bond acceptors (Lipinski definition) is 7. The Bertz CT molecular complexity index is 988. The number of amides is 3. The normalized spacial score (nSPS) is 14.7. The van der Waals surface area contributed by atoms with Gasteiger partial charge in [0.25, 0.3) is 5.91 Å². The molecule has 0 spiro atoms. The maximum Gasteiger partial charge on any atom is 0.408 e. The molecule has 9 nitrogen and oxygen atoms in total. The van der Waals surface area contributed by atoms with Gasteiger partial charge in [0.2, 0.25) is 5.91 Å². The number of rotatable bonds is 8. The summed E-state index contributed by atoms with van der Waals surface area (Å²) in [4.78, 5) is 47.9. The number of carbonyl (C=O) groups excluding carboxylic acids is 3. The maximum atomic E-state index is 12.9. The van der Waals surface area contributed by atoms with Crippen LogP contribution in [0.4, 0.5) is 4.79 Å².